The summed E-state index contributed by atoms with van der Waals surface area (Å²) in [5, 5.41) is 3.89. The van der Waals surface area contributed by atoms with Gasteiger partial charge in [0.25, 0.3) is 0 Å². The van der Waals surface area contributed by atoms with Crippen LogP contribution in [-0.2, 0) is 27.3 Å². The standard InChI is InChI=1S/C16H24N2O4/c1-4-5-10-22-16(20)17-12-14-8-6-13(7-9-14)11-15(19)18(2)21-3/h6-9H,4-5,10-12H2,1-3H3,(H,17,20). The lowest BCUT2D eigenvalue weighted by atomic mass is 10.1. The molecule has 0 saturated heterocycles. The van der Waals surface area contributed by atoms with E-state index in [9.17, 15) is 9.59 Å². The summed E-state index contributed by atoms with van der Waals surface area (Å²) in [6.07, 6.45) is 1.73. The van der Waals surface area contributed by atoms with Crippen LogP contribution in [0.2, 0.25) is 0 Å². The van der Waals surface area contributed by atoms with E-state index in [4.69, 9.17) is 9.57 Å². The second kappa shape index (κ2) is 9.78. The van der Waals surface area contributed by atoms with E-state index < -0.39 is 6.09 Å². The largest absolute Gasteiger partial charge is 0.450 e. The van der Waals surface area contributed by atoms with Crippen molar-refractivity contribution in [3.63, 3.8) is 0 Å². The van der Waals surface area contributed by atoms with E-state index in [1.54, 1.807) is 7.05 Å². The van der Waals surface area contributed by atoms with Gasteiger partial charge in [-0.2, -0.15) is 0 Å². The van der Waals surface area contributed by atoms with Gasteiger partial charge in [-0.25, -0.2) is 9.86 Å². The number of unbranched alkanes of at least 4 members (excludes halogenated alkanes) is 1. The first-order chi connectivity index (χ1) is 10.6. The molecular weight excluding hydrogens is 284 g/mol. The van der Waals surface area contributed by atoms with Crippen LogP contribution in [0.1, 0.15) is 30.9 Å². The maximum atomic E-state index is 11.7. The predicted molar refractivity (Wildman–Crippen MR) is 83.0 cm³/mol. The molecule has 1 N–H and O–H groups in total. The first kappa shape index (κ1) is 18.0. The molecule has 6 heteroatoms. The second-order valence-electron chi connectivity index (χ2n) is 4.91. The molecule has 0 unspecified atom stereocenters. The van der Waals surface area contributed by atoms with Crippen LogP contribution < -0.4 is 5.32 Å². The maximum Gasteiger partial charge on any atom is 0.407 e. The molecular formula is C16H24N2O4. The van der Waals surface area contributed by atoms with Crippen molar-refractivity contribution < 1.29 is 19.2 Å². The van der Waals surface area contributed by atoms with Crippen LogP contribution in [0.25, 0.3) is 0 Å². The van der Waals surface area contributed by atoms with Crippen LogP contribution in [0.5, 0.6) is 0 Å². The molecule has 22 heavy (non-hydrogen) atoms. The topological polar surface area (TPSA) is 67.9 Å². The minimum Gasteiger partial charge on any atom is -0.450 e. The van der Waals surface area contributed by atoms with Crippen molar-refractivity contribution in [2.24, 2.45) is 0 Å². The second-order valence-corrected chi connectivity index (χ2v) is 4.91. The molecule has 0 aliphatic rings. The zero-order valence-corrected chi connectivity index (χ0v) is 13.4. The summed E-state index contributed by atoms with van der Waals surface area (Å²) in [5.41, 5.74) is 1.84. The van der Waals surface area contributed by atoms with Crippen molar-refractivity contribution in [1.82, 2.24) is 10.4 Å². The third-order valence-electron chi connectivity index (χ3n) is 3.17. The van der Waals surface area contributed by atoms with Gasteiger partial charge in [-0.3, -0.25) is 9.63 Å². The van der Waals surface area contributed by atoms with Gasteiger partial charge in [-0.05, 0) is 17.5 Å². The van der Waals surface area contributed by atoms with E-state index in [-0.39, 0.29) is 12.3 Å². The number of hydrogen-bond acceptors (Lipinski definition) is 4. The van der Waals surface area contributed by atoms with Crippen molar-refractivity contribution in [3.05, 3.63) is 35.4 Å². The minimum absolute atomic E-state index is 0.118. The zero-order chi connectivity index (χ0) is 16.4. The summed E-state index contributed by atoms with van der Waals surface area (Å²) in [7, 11) is 3.02. The predicted octanol–water partition coefficient (Wildman–Crippen LogP) is 2.28. The Labute approximate surface area is 131 Å². The van der Waals surface area contributed by atoms with E-state index in [2.05, 4.69) is 5.32 Å². The molecule has 0 spiro atoms. The van der Waals surface area contributed by atoms with Gasteiger partial charge >= 0.3 is 6.09 Å². The highest BCUT2D eigenvalue weighted by molar-refractivity contribution is 5.77. The lowest BCUT2D eigenvalue weighted by molar-refractivity contribution is -0.167. The Hall–Kier alpha value is -2.08. The van der Waals surface area contributed by atoms with Gasteiger partial charge in [0.15, 0.2) is 0 Å². The van der Waals surface area contributed by atoms with Crippen LogP contribution in [0, 0.1) is 0 Å². The summed E-state index contributed by atoms with van der Waals surface area (Å²) in [5.74, 6) is -0.118. The molecule has 1 aromatic carbocycles. The molecule has 122 valence electrons. The van der Waals surface area contributed by atoms with Crippen LogP contribution >= 0.6 is 0 Å². The van der Waals surface area contributed by atoms with E-state index in [0.29, 0.717) is 13.2 Å². The van der Waals surface area contributed by atoms with Crippen LogP contribution in [0.15, 0.2) is 24.3 Å². The monoisotopic (exact) mass is 308 g/mol. The molecule has 1 rings (SSSR count). The van der Waals surface area contributed by atoms with Gasteiger partial charge in [-0.15, -0.1) is 0 Å². The average molecular weight is 308 g/mol. The third-order valence-corrected chi connectivity index (χ3v) is 3.17. The van der Waals surface area contributed by atoms with Gasteiger partial charge in [0.2, 0.25) is 5.91 Å². The number of carbonyl (C=O) groups excluding carboxylic acids is 2. The number of ether oxygens (including phenoxy) is 1. The van der Waals surface area contributed by atoms with E-state index >= 15 is 0 Å². The number of nitrogens with one attached hydrogen (secondary N) is 1. The van der Waals surface area contributed by atoms with Gasteiger partial charge in [-0.1, -0.05) is 37.6 Å². The lowest BCUT2D eigenvalue weighted by Crippen LogP contribution is -2.27. The number of amides is 2. The van der Waals surface area contributed by atoms with Crippen molar-refractivity contribution in [1.29, 1.82) is 0 Å². The van der Waals surface area contributed by atoms with Crippen LogP contribution in [0.4, 0.5) is 4.79 Å². The smallest absolute Gasteiger partial charge is 0.407 e. The number of likely N-dealkylation sites (N-methyl/N-ethyl adjacent to an activating group) is 1. The Bertz CT molecular complexity index is 474. The number of hydrogen-bond donors (Lipinski definition) is 1. The highest BCUT2D eigenvalue weighted by Gasteiger charge is 2.09. The van der Waals surface area contributed by atoms with E-state index in [0.717, 1.165) is 24.0 Å². The molecule has 0 aliphatic heterocycles. The molecule has 0 radical (unpaired) electrons. The van der Waals surface area contributed by atoms with Gasteiger partial charge in [0.1, 0.15) is 0 Å². The summed E-state index contributed by atoms with van der Waals surface area (Å²) in [4.78, 5) is 27.9. The molecule has 1 aromatic rings. The maximum absolute atomic E-state index is 11.7. The van der Waals surface area contributed by atoms with Gasteiger partial charge in [0, 0.05) is 13.6 Å². The highest BCUT2D eigenvalue weighted by atomic mass is 16.7. The summed E-state index contributed by atoms with van der Waals surface area (Å²) in [6.45, 7) is 2.88. The fourth-order valence-electron chi connectivity index (χ4n) is 1.70. The third kappa shape index (κ3) is 6.58. The SMILES string of the molecule is CCCCOC(=O)NCc1ccc(CC(=O)N(C)OC)cc1. The molecule has 0 aliphatic carbocycles. The van der Waals surface area contributed by atoms with Crippen LogP contribution in [-0.4, -0.2) is 37.8 Å². The Balaban J connectivity index is 2.38. The molecule has 0 atom stereocenters. The van der Waals surface area contributed by atoms with Crippen molar-refractivity contribution in [2.75, 3.05) is 20.8 Å². The molecule has 0 aromatic heterocycles. The Morgan fingerprint density at radius 1 is 1.18 bits per heavy atom. The number of rotatable bonds is 8. The summed E-state index contributed by atoms with van der Waals surface area (Å²) < 4.78 is 5.01. The first-order valence-corrected chi connectivity index (χ1v) is 7.36. The summed E-state index contributed by atoms with van der Waals surface area (Å²) in [6, 6.07) is 7.48. The number of benzene rings is 1. The van der Waals surface area contributed by atoms with Crippen molar-refractivity contribution >= 4 is 12.0 Å². The Morgan fingerprint density at radius 3 is 2.41 bits per heavy atom. The average Bonchev–Trinajstić information content (AvgIpc) is 2.53. The van der Waals surface area contributed by atoms with Gasteiger partial charge in [0.05, 0.1) is 20.1 Å². The lowest BCUT2D eigenvalue weighted by Gasteiger charge is -2.13. The van der Waals surface area contributed by atoms with Crippen molar-refractivity contribution in [2.45, 2.75) is 32.7 Å². The van der Waals surface area contributed by atoms with E-state index in [1.807, 2.05) is 31.2 Å². The zero-order valence-electron chi connectivity index (χ0n) is 13.4. The summed E-state index contributed by atoms with van der Waals surface area (Å²) >= 11 is 0. The fraction of sp³-hybridized carbons (Fsp3) is 0.500. The fourth-order valence-corrected chi connectivity index (χ4v) is 1.70. The molecule has 0 heterocycles. The van der Waals surface area contributed by atoms with E-state index in [1.165, 1.54) is 12.2 Å². The quantitative estimate of drug-likeness (QED) is 0.591. The number of carbonyl (C=O) groups is 2. The first-order valence-electron chi connectivity index (χ1n) is 7.36. The number of hydroxylamine groups is 2. The van der Waals surface area contributed by atoms with Crippen molar-refractivity contribution in [3.8, 4) is 0 Å². The van der Waals surface area contributed by atoms with Gasteiger partial charge < -0.3 is 10.1 Å². The molecule has 0 fully saturated rings. The Kier molecular flexibility index (Phi) is 7.99. The number of nitrogens with zero attached hydrogens (tertiary/aromatic N) is 1. The molecule has 0 saturated carbocycles. The number of alkyl carbamates (subject to hydrolysis) is 1. The Morgan fingerprint density at radius 2 is 1.82 bits per heavy atom. The normalized spacial score (nSPS) is 10.1. The van der Waals surface area contributed by atoms with Crippen LogP contribution in [0.3, 0.4) is 0 Å². The molecule has 6 nitrogen and oxygen atoms in total. The minimum atomic E-state index is -0.408. The highest BCUT2D eigenvalue weighted by Crippen LogP contribution is 2.06. The molecule has 2 amide bonds. The molecule has 0 bridgehead atoms.